The van der Waals surface area contributed by atoms with E-state index in [1.54, 1.807) is 48.0 Å². The van der Waals surface area contributed by atoms with Crippen molar-refractivity contribution in [3.63, 3.8) is 0 Å². The number of hydrogen-bond donors (Lipinski definition) is 3. The van der Waals surface area contributed by atoms with Gasteiger partial charge in [0.2, 0.25) is 11.9 Å². The number of thioether (sulfide) groups is 1. The number of nitrogens with zero attached hydrogens (tertiary/aromatic N) is 4. The molecule has 38 heavy (non-hydrogen) atoms. The Balaban J connectivity index is 1.45. The fourth-order valence-corrected chi connectivity index (χ4v) is 5.92. The van der Waals surface area contributed by atoms with Gasteiger partial charge >= 0.3 is 0 Å². The fourth-order valence-electron chi connectivity index (χ4n) is 5.50. The van der Waals surface area contributed by atoms with Crippen LogP contribution in [0.3, 0.4) is 0 Å². The van der Waals surface area contributed by atoms with Crippen LogP contribution in [0.1, 0.15) is 54.0 Å². The normalized spacial score (nSPS) is 16.0. The molecule has 0 radical (unpaired) electrons. The van der Waals surface area contributed by atoms with E-state index in [4.69, 9.17) is 0 Å². The summed E-state index contributed by atoms with van der Waals surface area (Å²) >= 11 is 1.71. The topological polar surface area (TPSA) is 120 Å². The first kappa shape index (κ1) is 26.4. The van der Waals surface area contributed by atoms with Gasteiger partial charge in [0.1, 0.15) is 17.6 Å². The Bertz CT molecular complexity index is 1260. The number of pyridine rings is 1. The standard InChI is InChI=1S/C27H34FN7O2S/c1-15-22(16(2)33-32-15)19-9-10-21(30-25(19)28)31-26(36)24(23(17-5-6-17)18-7-8-18)35(13-4-14-38-3)27(37)20-11-12-29-34-20/h9-12,17-18,23-24H,4-8,13-14H2,1-3H3,(H,29,34)(H,32,33)(H,30,31,36)/t24-/m0/s1. The van der Waals surface area contributed by atoms with E-state index in [0.29, 0.717) is 40.9 Å². The lowest BCUT2D eigenvalue weighted by Gasteiger charge is -2.36. The van der Waals surface area contributed by atoms with E-state index in [0.717, 1.165) is 43.6 Å². The summed E-state index contributed by atoms with van der Waals surface area (Å²) in [6, 6.07) is 4.19. The van der Waals surface area contributed by atoms with Crippen LogP contribution in [0.5, 0.6) is 0 Å². The van der Waals surface area contributed by atoms with Crippen LogP contribution in [-0.4, -0.2) is 66.7 Å². The molecule has 0 unspecified atom stereocenters. The maximum Gasteiger partial charge on any atom is 0.272 e. The third-order valence-electron chi connectivity index (χ3n) is 7.54. The highest BCUT2D eigenvalue weighted by Gasteiger charge is 2.50. The summed E-state index contributed by atoms with van der Waals surface area (Å²) in [6.45, 7) is 4.08. The zero-order valence-corrected chi connectivity index (χ0v) is 22.8. The first-order valence-electron chi connectivity index (χ1n) is 13.2. The van der Waals surface area contributed by atoms with Crippen LogP contribution in [0.25, 0.3) is 11.1 Å². The molecule has 5 rings (SSSR count). The summed E-state index contributed by atoms with van der Waals surface area (Å²) in [7, 11) is 0. The number of aromatic nitrogens is 5. The van der Waals surface area contributed by atoms with Crippen molar-refractivity contribution in [1.82, 2.24) is 30.3 Å². The van der Waals surface area contributed by atoms with Crippen molar-refractivity contribution >= 4 is 29.4 Å². The molecule has 0 spiro atoms. The minimum absolute atomic E-state index is 0.0662. The molecule has 3 aromatic heterocycles. The SMILES string of the molecule is CSCCCN(C(=O)c1ccn[nH]1)[C@H](C(=O)Nc1ccc(-c2c(C)n[nH]c2C)c(F)n1)C(C1CC1)C1CC1. The summed E-state index contributed by atoms with van der Waals surface area (Å²) < 4.78 is 15.2. The Morgan fingerprint density at radius 2 is 1.89 bits per heavy atom. The number of aryl methyl sites for hydroxylation is 2. The number of halogens is 1. The van der Waals surface area contributed by atoms with Gasteiger partial charge in [-0.1, -0.05) is 0 Å². The molecule has 2 aliphatic rings. The molecule has 2 fully saturated rings. The number of hydrogen-bond acceptors (Lipinski definition) is 6. The van der Waals surface area contributed by atoms with Gasteiger partial charge in [0.25, 0.3) is 5.91 Å². The number of amides is 2. The van der Waals surface area contributed by atoms with E-state index >= 15 is 4.39 Å². The van der Waals surface area contributed by atoms with E-state index in [1.165, 1.54) is 0 Å². The van der Waals surface area contributed by atoms with Crippen molar-refractivity contribution in [3.8, 4) is 11.1 Å². The van der Waals surface area contributed by atoms with Crippen LogP contribution in [0.4, 0.5) is 10.2 Å². The Morgan fingerprint density at radius 3 is 2.45 bits per heavy atom. The Kier molecular flexibility index (Phi) is 7.83. The second-order valence-electron chi connectivity index (χ2n) is 10.3. The Morgan fingerprint density at radius 1 is 1.16 bits per heavy atom. The van der Waals surface area contributed by atoms with Gasteiger partial charge < -0.3 is 10.2 Å². The summed E-state index contributed by atoms with van der Waals surface area (Å²) in [6.07, 6.45) is 8.58. The number of carbonyl (C=O) groups excluding carboxylic acids is 2. The number of H-pyrrole nitrogens is 2. The molecule has 0 bridgehead atoms. The lowest BCUT2D eigenvalue weighted by atomic mass is 9.87. The second-order valence-corrected chi connectivity index (χ2v) is 11.3. The number of aromatic amines is 2. The highest BCUT2D eigenvalue weighted by atomic mass is 32.2. The highest BCUT2D eigenvalue weighted by Crippen LogP contribution is 2.52. The van der Waals surface area contributed by atoms with E-state index in [-0.39, 0.29) is 23.6 Å². The minimum Gasteiger partial charge on any atom is -0.325 e. The largest absolute Gasteiger partial charge is 0.325 e. The van der Waals surface area contributed by atoms with Crippen molar-refractivity contribution in [2.24, 2.45) is 17.8 Å². The van der Waals surface area contributed by atoms with Gasteiger partial charge in [-0.2, -0.15) is 26.3 Å². The Hall–Kier alpha value is -3.21. The molecule has 2 saturated carbocycles. The predicted molar refractivity (Wildman–Crippen MR) is 145 cm³/mol. The molecule has 1 atom stereocenters. The van der Waals surface area contributed by atoms with Crippen LogP contribution in [0.15, 0.2) is 24.4 Å². The maximum absolute atomic E-state index is 15.2. The number of rotatable bonds is 12. The van der Waals surface area contributed by atoms with Gasteiger partial charge in [0.15, 0.2) is 0 Å². The monoisotopic (exact) mass is 539 g/mol. The number of carbonyl (C=O) groups is 2. The van der Waals surface area contributed by atoms with E-state index in [2.05, 4.69) is 30.7 Å². The lowest BCUT2D eigenvalue weighted by Crippen LogP contribution is -2.53. The molecule has 3 N–H and O–H groups in total. The van der Waals surface area contributed by atoms with Gasteiger partial charge in [-0.25, -0.2) is 4.98 Å². The van der Waals surface area contributed by atoms with Gasteiger partial charge in [-0.05, 0) is 93.9 Å². The van der Waals surface area contributed by atoms with Crippen molar-refractivity contribution in [2.75, 3.05) is 23.9 Å². The molecule has 0 saturated heterocycles. The Labute approximate surface area is 225 Å². The highest BCUT2D eigenvalue weighted by molar-refractivity contribution is 7.98. The van der Waals surface area contributed by atoms with Crippen LogP contribution >= 0.6 is 11.8 Å². The summed E-state index contributed by atoms with van der Waals surface area (Å²) in [5.41, 5.74) is 2.77. The average Bonchev–Trinajstić information content (AvgIpc) is 3.83. The van der Waals surface area contributed by atoms with Crippen LogP contribution in [0, 0.1) is 37.5 Å². The molecule has 0 aromatic carbocycles. The van der Waals surface area contributed by atoms with E-state index in [1.807, 2.05) is 13.2 Å². The van der Waals surface area contributed by atoms with Crippen molar-refractivity contribution in [1.29, 1.82) is 0 Å². The minimum atomic E-state index is -0.682. The predicted octanol–water partition coefficient (Wildman–Crippen LogP) is 4.59. The molecule has 3 heterocycles. The molecule has 9 nitrogen and oxygen atoms in total. The molecule has 0 aliphatic heterocycles. The fraction of sp³-hybridized carbons (Fsp3) is 0.519. The summed E-state index contributed by atoms with van der Waals surface area (Å²) in [5, 5.41) is 16.6. The first-order valence-corrected chi connectivity index (χ1v) is 14.6. The third kappa shape index (κ3) is 5.62. The van der Waals surface area contributed by atoms with E-state index < -0.39 is 12.0 Å². The van der Waals surface area contributed by atoms with Gasteiger partial charge in [0, 0.05) is 29.6 Å². The van der Waals surface area contributed by atoms with E-state index in [9.17, 15) is 9.59 Å². The van der Waals surface area contributed by atoms with Gasteiger partial charge in [-0.15, -0.1) is 0 Å². The smallest absolute Gasteiger partial charge is 0.272 e. The lowest BCUT2D eigenvalue weighted by molar-refractivity contribution is -0.123. The van der Waals surface area contributed by atoms with Crippen LogP contribution in [-0.2, 0) is 4.79 Å². The van der Waals surface area contributed by atoms with Crippen molar-refractivity contribution in [3.05, 3.63) is 47.4 Å². The molecular formula is C27H34FN7O2S. The van der Waals surface area contributed by atoms with Gasteiger partial charge in [-0.3, -0.25) is 19.8 Å². The summed E-state index contributed by atoms with van der Waals surface area (Å²) in [5.74, 6) is 0.652. The third-order valence-corrected chi connectivity index (χ3v) is 8.24. The average molecular weight is 540 g/mol. The van der Waals surface area contributed by atoms with Crippen molar-refractivity contribution < 1.29 is 14.0 Å². The molecule has 202 valence electrons. The van der Waals surface area contributed by atoms with Crippen LogP contribution < -0.4 is 5.32 Å². The number of anilines is 1. The van der Waals surface area contributed by atoms with Crippen molar-refractivity contribution in [2.45, 2.75) is 52.0 Å². The number of nitrogens with one attached hydrogen (secondary N) is 3. The first-order chi connectivity index (χ1) is 18.4. The quantitative estimate of drug-likeness (QED) is 0.229. The molecular weight excluding hydrogens is 505 g/mol. The molecule has 11 heteroatoms. The zero-order chi connectivity index (χ0) is 26.8. The maximum atomic E-state index is 15.2. The van der Waals surface area contributed by atoms with Crippen LogP contribution in [0.2, 0.25) is 0 Å². The molecule has 2 amide bonds. The second kappa shape index (κ2) is 11.3. The summed E-state index contributed by atoms with van der Waals surface area (Å²) in [4.78, 5) is 33.4. The zero-order valence-electron chi connectivity index (χ0n) is 22.0. The van der Waals surface area contributed by atoms with Gasteiger partial charge in [0.05, 0.1) is 5.69 Å². The molecule has 2 aliphatic carbocycles. The molecule has 3 aromatic rings.